The van der Waals surface area contributed by atoms with Crippen molar-refractivity contribution >= 4 is 15.9 Å². The van der Waals surface area contributed by atoms with Gasteiger partial charge < -0.3 is 5.32 Å². The Labute approximate surface area is 84.1 Å². The van der Waals surface area contributed by atoms with Crippen LogP contribution >= 0.6 is 0 Å². The van der Waals surface area contributed by atoms with Crippen LogP contribution in [-0.2, 0) is 14.8 Å². The molecule has 0 spiro atoms. The zero-order chi connectivity index (χ0) is 11.7. The molecule has 2 N–H and O–H groups in total. The Morgan fingerprint density at radius 2 is 2.00 bits per heavy atom. The second-order valence-corrected chi connectivity index (χ2v) is 4.81. The number of halogens is 3. The number of rotatable bonds is 2. The number of sulfonamides is 1. The van der Waals surface area contributed by atoms with Gasteiger partial charge in [-0.1, -0.05) is 0 Å². The predicted octanol–water partition coefficient (Wildman–Crippen LogP) is -0.296. The first-order chi connectivity index (χ1) is 6.72. The molecule has 9 heteroatoms. The fourth-order valence-corrected chi connectivity index (χ4v) is 1.89. The van der Waals surface area contributed by atoms with Crippen LogP contribution in [0.25, 0.3) is 0 Å². The molecule has 1 rings (SSSR count). The lowest BCUT2D eigenvalue weighted by atomic mass is 10.1. The van der Waals surface area contributed by atoms with E-state index in [1.54, 1.807) is 0 Å². The van der Waals surface area contributed by atoms with Crippen LogP contribution in [0.2, 0.25) is 0 Å². The molecule has 15 heavy (non-hydrogen) atoms. The van der Waals surface area contributed by atoms with Gasteiger partial charge in [-0.2, -0.15) is 13.2 Å². The summed E-state index contributed by atoms with van der Waals surface area (Å²) in [5, 5.41) is 2.27. The molecule has 88 valence electrons. The lowest BCUT2D eigenvalue weighted by Gasteiger charge is -2.23. The van der Waals surface area contributed by atoms with Crippen LogP contribution in [0.3, 0.4) is 0 Å². The van der Waals surface area contributed by atoms with Crippen molar-refractivity contribution in [1.82, 2.24) is 10.0 Å². The minimum Gasteiger partial charge on any atom is -0.355 e. The van der Waals surface area contributed by atoms with Gasteiger partial charge in [0.25, 0.3) is 0 Å². The Morgan fingerprint density at radius 3 is 2.40 bits per heavy atom. The highest BCUT2D eigenvalue weighted by molar-refractivity contribution is 7.90. The molecule has 0 bridgehead atoms. The molecule has 1 saturated heterocycles. The van der Waals surface area contributed by atoms with E-state index in [1.165, 1.54) is 4.72 Å². The largest absolute Gasteiger partial charge is 0.511 e. The fourth-order valence-electron chi connectivity index (χ4n) is 1.12. The Kier molecular flexibility index (Phi) is 3.24. The molecule has 0 radical (unpaired) electrons. The van der Waals surface area contributed by atoms with Crippen LogP contribution in [-0.4, -0.2) is 32.4 Å². The van der Waals surface area contributed by atoms with Crippen molar-refractivity contribution in [1.29, 1.82) is 0 Å². The van der Waals surface area contributed by atoms with Crippen LogP contribution in [0.1, 0.15) is 12.8 Å². The van der Waals surface area contributed by atoms with Gasteiger partial charge in [-0.3, -0.25) is 4.79 Å². The minimum atomic E-state index is -5.32. The van der Waals surface area contributed by atoms with Gasteiger partial charge in [0.1, 0.15) is 0 Å². The second kappa shape index (κ2) is 3.97. The first kappa shape index (κ1) is 12.2. The quantitative estimate of drug-likeness (QED) is 0.702. The Morgan fingerprint density at radius 1 is 1.40 bits per heavy atom. The van der Waals surface area contributed by atoms with E-state index in [1.807, 2.05) is 0 Å². The van der Waals surface area contributed by atoms with E-state index in [4.69, 9.17) is 0 Å². The molecule has 0 aromatic carbocycles. The maximum atomic E-state index is 11.9. The van der Waals surface area contributed by atoms with Gasteiger partial charge in [-0.15, -0.1) is 0 Å². The Hall–Kier alpha value is -0.830. The number of piperidine rings is 1. The number of hydrogen-bond acceptors (Lipinski definition) is 3. The molecule has 1 amide bonds. The van der Waals surface area contributed by atoms with Gasteiger partial charge in [-0.25, -0.2) is 13.1 Å². The smallest absolute Gasteiger partial charge is 0.355 e. The Balaban J connectivity index is 2.60. The maximum Gasteiger partial charge on any atom is 0.511 e. The number of alkyl halides is 3. The topological polar surface area (TPSA) is 75.3 Å². The van der Waals surface area contributed by atoms with Gasteiger partial charge in [0, 0.05) is 19.0 Å². The highest BCUT2D eigenvalue weighted by Gasteiger charge is 2.46. The van der Waals surface area contributed by atoms with E-state index in [2.05, 4.69) is 5.32 Å². The molecule has 1 aliphatic heterocycles. The van der Waals surface area contributed by atoms with E-state index in [9.17, 15) is 26.4 Å². The van der Waals surface area contributed by atoms with Crippen LogP contribution < -0.4 is 10.0 Å². The van der Waals surface area contributed by atoms with Crippen molar-refractivity contribution in [2.75, 3.05) is 6.54 Å². The first-order valence-electron chi connectivity index (χ1n) is 4.07. The molecule has 1 aliphatic rings. The highest BCUT2D eigenvalue weighted by atomic mass is 32.2. The van der Waals surface area contributed by atoms with E-state index >= 15 is 0 Å². The number of nitrogens with one attached hydrogen (secondary N) is 2. The van der Waals surface area contributed by atoms with Crippen LogP contribution in [0, 0.1) is 0 Å². The lowest BCUT2D eigenvalue weighted by molar-refractivity contribution is -0.122. The van der Waals surface area contributed by atoms with Crippen molar-refractivity contribution in [2.45, 2.75) is 24.4 Å². The van der Waals surface area contributed by atoms with Gasteiger partial charge >= 0.3 is 15.5 Å². The first-order valence-corrected chi connectivity index (χ1v) is 5.56. The summed E-state index contributed by atoms with van der Waals surface area (Å²) < 4.78 is 58.6. The summed E-state index contributed by atoms with van der Waals surface area (Å²) in [5.74, 6) is -0.294. The van der Waals surface area contributed by atoms with Gasteiger partial charge in [0.15, 0.2) is 0 Å². The van der Waals surface area contributed by atoms with E-state index in [0.29, 0.717) is 0 Å². The zero-order valence-electron chi connectivity index (χ0n) is 7.47. The van der Waals surface area contributed by atoms with Crippen molar-refractivity contribution in [3.8, 4) is 0 Å². The average Bonchev–Trinajstić information content (AvgIpc) is 2.06. The molecule has 1 atom stereocenters. The minimum absolute atomic E-state index is 0.0189. The maximum absolute atomic E-state index is 11.9. The summed E-state index contributed by atoms with van der Waals surface area (Å²) in [6, 6.07) is -0.894. The fraction of sp³-hybridized carbons (Fsp3) is 0.833. The summed E-state index contributed by atoms with van der Waals surface area (Å²) in [6.45, 7) is -0.117. The van der Waals surface area contributed by atoms with Crippen molar-refractivity contribution in [3.63, 3.8) is 0 Å². The number of carbonyl (C=O) groups excluding carboxylic acids is 1. The van der Waals surface area contributed by atoms with E-state index in [0.717, 1.165) is 0 Å². The molecule has 0 aromatic rings. The standard InChI is InChI=1S/C6H9F3N2O3S/c7-6(8,9)15(13,14)11-4-1-2-5(12)10-3-4/h4,11H,1-3H2,(H,10,12). The molecule has 1 unspecified atom stereocenters. The summed E-state index contributed by atoms with van der Waals surface area (Å²) in [5.41, 5.74) is -5.31. The van der Waals surface area contributed by atoms with Crippen molar-refractivity contribution < 1.29 is 26.4 Å². The van der Waals surface area contributed by atoms with E-state index < -0.39 is 21.6 Å². The van der Waals surface area contributed by atoms with Crippen LogP contribution in [0.5, 0.6) is 0 Å². The van der Waals surface area contributed by atoms with E-state index in [-0.39, 0.29) is 25.3 Å². The monoisotopic (exact) mass is 246 g/mol. The lowest BCUT2D eigenvalue weighted by Crippen LogP contribution is -2.50. The predicted molar refractivity (Wildman–Crippen MR) is 44.1 cm³/mol. The highest BCUT2D eigenvalue weighted by Crippen LogP contribution is 2.22. The SMILES string of the molecule is O=C1CCC(NS(=O)(=O)C(F)(F)F)CN1. The molecule has 0 aliphatic carbocycles. The van der Waals surface area contributed by atoms with Gasteiger partial charge in [-0.05, 0) is 6.42 Å². The Bertz CT molecular complexity index is 341. The molecular weight excluding hydrogens is 237 g/mol. The molecule has 1 fully saturated rings. The summed E-state index contributed by atoms with van der Waals surface area (Å²) >= 11 is 0. The van der Waals surface area contributed by atoms with Crippen LogP contribution in [0.4, 0.5) is 13.2 Å². The van der Waals surface area contributed by atoms with Crippen molar-refractivity contribution in [3.05, 3.63) is 0 Å². The van der Waals surface area contributed by atoms with Gasteiger partial charge in [0.05, 0.1) is 0 Å². The number of amides is 1. The summed E-state index contributed by atoms with van der Waals surface area (Å²) in [7, 11) is -5.32. The molecule has 1 heterocycles. The van der Waals surface area contributed by atoms with Crippen LogP contribution in [0.15, 0.2) is 0 Å². The molecule has 5 nitrogen and oxygen atoms in total. The third-order valence-corrected chi connectivity index (χ3v) is 3.15. The number of hydrogen-bond donors (Lipinski definition) is 2. The average molecular weight is 246 g/mol. The third kappa shape index (κ3) is 3.06. The molecule has 0 saturated carbocycles. The number of carbonyl (C=O) groups is 1. The summed E-state index contributed by atoms with van der Waals surface area (Å²) in [4.78, 5) is 10.7. The zero-order valence-corrected chi connectivity index (χ0v) is 8.28. The second-order valence-electron chi connectivity index (χ2n) is 3.11. The normalized spacial score (nSPS) is 23.7. The summed E-state index contributed by atoms with van der Waals surface area (Å²) in [6.07, 6.45) is 0.0895. The molecule has 0 aromatic heterocycles. The van der Waals surface area contributed by atoms with Crippen molar-refractivity contribution in [2.24, 2.45) is 0 Å². The van der Waals surface area contributed by atoms with Gasteiger partial charge in [0.2, 0.25) is 5.91 Å². The molecular formula is C6H9F3N2O3S. The third-order valence-electron chi connectivity index (χ3n) is 1.89.